The van der Waals surface area contributed by atoms with Crippen LogP contribution < -0.4 is 14.4 Å². The summed E-state index contributed by atoms with van der Waals surface area (Å²) in [7, 11) is -2.30. The van der Waals surface area contributed by atoms with E-state index in [0.29, 0.717) is 12.2 Å². The molecule has 0 saturated heterocycles. The maximum atomic E-state index is 13.4. The minimum Gasteiger partial charge on any atom is -0.497 e. The molecule has 0 radical (unpaired) electrons. The van der Waals surface area contributed by atoms with Crippen molar-refractivity contribution in [1.29, 1.82) is 0 Å². The number of benzene rings is 3. The van der Waals surface area contributed by atoms with Crippen LogP contribution in [-0.4, -0.2) is 34.5 Å². The minimum atomic E-state index is -3.93. The first kappa shape index (κ1) is 24.8. The van der Waals surface area contributed by atoms with Crippen LogP contribution in [0.5, 0.6) is 5.75 Å². The van der Waals surface area contributed by atoms with Crippen molar-refractivity contribution < 1.29 is 17.9 Å². The van der Waals surface area contributed by atoms with Crippen LogP contribution in [0.2, 0.25) is 0 Å². The van der Waals surface area contributed by atoms with Gasteiger partial charge in [-0.25, -0.2) is 8.42 Å². The molecule has 33 heavy (non-hydrogen) atoms. The second-order valence-electron chi connectivity index (χ2n) is 7.61. The fraction of sp³-hybridized carbons (Fsp3) is 0.240. The molecule has 1 amide bonds. The number of methoxy groups -OCH3 is 1. The number of carbonyl (C=O) groups excluding carboxylic acids is 1. The number of hydrogen-bond donors (Lipinski definition) is 1. The van der Waals surface area contributed by atoms with E-state index in [1.165, 1.54) is 0 Å². The Morgan fingerprint density at radius 2 is 1.76 bits per heavy atom. The van der Waals surface area contributed by atoms with Crippen molar-refractivity contribution in [2.45, 2.75) is 24.7 Å². The summed E-state index contributed by atoms with van der Waals surface area (Å²) in [4.78, 5) is 12.8. The summed E-state index contributed by atoms with van der Waals surface area (Å²) in [5, 5.41) is 2.84. The Kier molecular flexibility index (Phi) is 8.52. The molecule has 3 rings (SSSR count). The predicted molar refractivity (Wildman–Crippen MR) is 134 cm³/mol. The fourth-order valence-corrected chi connectivity index (χ4v) is 5.12. The molecule has 0 aromatic heterocycles. The van der Waals surface area contributed by atoms with Crippen LogP contribution >= 0.6 is 15.9 Å². The third kappa shape index (κ3) is 6.82. The summed E-state index contributed by atoms with van der Waals surface area (Å²) in [5.41, 5.74) is 2.48. The molecule has 0 fully saturated rings. The molecule has 0 aliphatic rings. The minimum absolute atomic E-state index is 0.138. The standard InChI is InChI=1S/C25H27BrN2O4S/c1-19-11-13-24(14-12-19)33(30,31)28(22-9-4-8-21(26)17-22)18-25(29)27-15-5-7-20-6-3-10-23(16-20)32-2/h3-4,6,8-14,16-17H,5,7,15,18H2,1-2H3,(H,27,29). The molecule has 0 atom stereocenters. The van der Waals surface area contributed by atoms with Crippen LogP contribution in [0.4, 0.5) is 5.69 Å². The highest BCUT2D eigenvalue weighted by Gasteiger charge is 2.27. The van der Waals surface area contributed by atoms with E-state index in [-0.39, 0.29) is 17.3 Å². The van der Waals surface area contributed by atoms with E-state index >= 15 is 0 Å². The van der Waals surface area contributed by atoms with Crippen molar-refractivity contribution in [3.63, 3.8) is 0 Å². The van der Waals surface area contributed by atoms with E-state index in [0.717, 1.165) is 38.5 Å². The Labute approximate surface area is 203 Å². The van der Waals surface area contributed by atoms with Gasteiger partial charge in [-0.05, 0) is 67.8 Å². The maximum Gasteiger partial charge on any atom is 0.264 e. The van der Waals surface area contributed by atoms with Crippen molar-refractivity contribution >= 4 is 37.5 Å². The summed E-state index contributed by atoms with van der Waals surface area (Å²) in [5.74, 6) is 0.429. The zero-order valence-corrected chi connectivity index (χ0v) is 21.0. The van der Waals surface area contributed by atoms with Gasteiger partial charge in [-0.2, -0.15) is 0 Å². The Hall–Kier alpha value is -2.84. The van der Waals surface area contributed by atoms with E-state index in [1.807, 2.05) is 31.2 Å². The lowest BCUT2D eigenvalue weighted by Gasteiger charge is -2.24. The van der Waals surface area contributed by atoms with Gasteiger partial charge in [-0.3, -0.25) is 9.10 Å². The lowest BCUT2D eigenvalue weighted by molar-refractivity contribution is -0.119. The van der Waals surface area contributed by atoms with Gasteiger partial charge in [-0.15, -0.1) is 0 Å². The van der Waals surface area contributed by atoms with Crippen molar-refractivity contribution in [1.82, 2.24) is 5.32 Å². The molecule has 3 aromatic carbocycles. The second kappa shape index (κ2) is 11.3. The quantitative estimate of drug-likeness (QED) is 0.385. The van der Waals surface area contributed by atoms with Crippen molar-refractivity contribution in [2.75, 3.05) is 24.5 Å². The van der Waals surface area contributed by atoms with Gasteiger partial charge < -0.3 is 10.1 Å². The highest BCUT2D eigenvalue weighted by atomic mass is 79.9. The Morgan fingerprint density at radius 3 is 2.45 bits per heavy atom. The zero-order chi connectivity index (χ0) is 23.8. The second-order valence-corrected chi connectivity index (χ2v) is 10.4. The third-order valence-corrected chi connectivity index (χ3v) is 7.37. The first-order valence-electron chi connectivity index (χ1n) is 10.5. The number of sulfonamides is 1. The number of rotatable bonds is 10. The van der Waals surface area contributed by atoms with Gasteiger partial charge >= 0.3 is 0 Å². The predicted octanol–water partition coefficient (Wildman–Crippen LogP) is 4.71. The highest BCUT2D eigenvalue weighted by molar-refractivity contribution is 9.10. The van der Waals surface area contributed by atoms with Crippen LogP contribution in [0.25, 0.3) is 0 Å². The molecule has 3 aromatic rings. The van der Waals surface area contributed by atoms with Crippen LogP contribution in [0.15, 0.2) is 82.2 Å². The molecule has 0 bridgehead atoms. The molecule has 0 unspecified atom stereocenters. The summed E-state index contributed by atoms with van der Waals surface area (Å²) in [6.45, 7) is 2.01. The van der Waals surface area contributed by atoms with Gasteiger partial charge in [0.15, 0.2) is 0 Å². The number of nitrogens with one attached hydrogen (secondary N) is 1. The number of halogens is 1. The van der Waals surface area contributed by atoms with Crippen LogP contribution in [0.1, 0.15) is 17.5 Å². The topological polar surface area (TPSA) is 75.7 Å². The molecule has 1 N–H and O–H groups in total. The number of aryl methyl sites for hydroxylation is 2. The average Bonchev–Trinajstić information content (AvgIpc) is 2.80. The lowest BCUT2D eigenvalue weighted by Crippen LogP contribution is -2.41. The molecular formula is C25H27BrN2O4S. The fourth-order valence-electron chi connectivity index (χ4n) is 3.32. The molecule has 0 aliphatic heterocycles. The van der Waals surface area contributed by atoms with E-state index in [4.69, 9.17) is 4.74 Å². The van der Waals surface area contributed by atoms with Gasteiger partial charge in [0.05, 0.1) is 17.7 Å². The van der Waals surface area contributed by atoms with E-state index in [1.54, 1.807) is 55.6 Å². The van der Waals surface area contributed by atoms with Crippen molar-refractivity contribution in [3.05, 3.63) is 88.4 Å². The molecule has 174 valence electrons. The van der Waals surface area contributed by atoms with E-state index in [9.17, 15) is 13.2 Å². The number of ether oxygens (including phenoxy) is 1. The smallest absolute Gasteiger partial charge is 0.264 e. The first-order chi connectivity index (χ1) is 15.8. The number of nitrogens with zero attached hydrogens (tertiary/aromatic N) is 1. The number of carbonyl (C=O) groups is 1. The zero-order valence-electron chi connectivity index (χ0n) is 18.6. The van der Waals surface area contributed by atoms with Gasteiger partial charge in [0.1, 0.15) is 12.3 Å². The van der Waals surface area contributed by atoms with E-state index in [2.05, 4.69) is 21.2 Å². The monoisotopic (exact) mass is 530 g/mol. The largest absolute Gasteiger partial charge is 0.497 e. The Bertz CT molecular complexity index is 1200. The lowest BCUT2D eigenvalue weighted by atomic mass is 10.1. The summed E-state index contributed by atoms with van der Waals surface area (Å²) < 4.78 is 33.9. The summed E-state index contributed by atoms with van der Waals surface area (Å²) in [6.07, 6.45) is 1.50. The number of anilines is 1. The number of amides is 1. The van der Waals surface area contributed by atoms with Crippen LogP contribution in [-0.2, 0) is 21.2 Å². The first-order valence-corrected chi connectivity index (χ1v) is 12.8. The normalized spacial score (nSPS) is 11.1. The molecule has 0 heterocycles. The van der Waals surface area contributed by atoms with Crippen LogP contribution in [0, 0.1) is 6.92 Å². The molecule has 0 saturated carbocycles. The Morgan fingerprint density at radius 1 is 1.03 bits per heavy atom. The van der Waals surface area contributed by atoms with Crippen molar-refractivity contribution in [3.8, 4) is 5.75 Å². The van der Waals surface area contributed by atoms with Crippen molar-refractivity contribution in [2.24, 2.45) is 0 Å². The molecule has 0 aliphatic carbocycles. The molecule has 8 heteroatoms. The van der Waals surface area contributed by atoms with E-state index < -0.39 is 10.0 Å². The van der Waals surface area contributed by atoms with Gasteiger partial charge in [0.2, 0.25) is 5.91 Å². The molecule has 6 nitrogen and oxygen atoms in total. The average molecular weight is 531 g/mol. The Balaban J connectivity index is 1.69. The SMILES string of the molecule is COc1cccc(CCCNC(=O)CN(c2cccc(Br)c2)S(=O)(=O)c2ccc(C)cc2)c1. The molecule has 0 spiro atoms. The summed E-state index contributed by atoms with van der Waals surface area (Å²) >= 11 is 3.38. The highest BCUT2D eigenvalue weighted by Crippen LogP contribution is 2.26. The number of hydrogen-bond acceptors (Lipinski definition) is 4. The van der Waals surface area contributed by atoms with Gasteiger partial charge in [-0.1, -0.05) is 51.8 Å². The molecular weight excluding hydrogens is 504 g/mol. The van der Waals surface area contributed by atoms with Gasteiger partial charge in [0.25, 0.3) is 10.0 Å². The van der Waals surface area contributed by atoms with Crippen LogP contribution in [0.3, 0.4) is 0 Å². The van der Waals surface area contributed by atoms with Gasteiger partial charge in [0, 0.05) is 11.0 Å². The summed E-state index contributed by atoms with van der Waals surface area (Å²) in [6, 6.07) is 21.3. The maximum absolute atomic E-state index is 13.4. The third-order valence-electron chi connectivity index (χ3n) is 5.09.